The van der Waals surface area contributed by atoms with Gasteiger partial charge in [0.15, 0.2) is 0 Å². The number of anilines is 1. The molecule has 1 heterocycles. The molecule has 2 N–H and O–H groups in total. The van der Waals surface area contributed by atoms with Crippen LogP contribution < -0.4 is 10.6 Å². The molecule has 6 nitrogen and oxygen atoms in total. The summed E-state index contributed by atoms with van der Waals surface area (Å²) in [5, 5.41) is 5.71. The Hall–Kier alpha value is -3.22. The standard InChI is InChI=1S/C25H28FN3O3/c1-15-3-5-17(6-4-15)25(32)29-11-9-19(10-12-29)27-24(31)21-14-18(26)7-8-22(21)28-23(30)20-13-16(20)2/h3-8,14,16,19-20H,9-13H2,1-2H3,(H,27,31)(H,28,30). The number of amides is 3. The molecule has 1 saturated heterocycles. The van der Waals surface area contributed by atoms with Crippen molar-refractivity contribution in [2.75, 3.05) is 18.4 Å². The lowest BCUT2D eigenvalue weighted by Gasteiger charge is -2.32. The topological polar surface area (TPSA) is 78.5 Å². The van der Waals surface area contributed by atoms with Gasteiger partial charge in [-0.15, -0.1) is 0 Å². The number of aryl methyl sites for hydroxylation is 1. The molecule has 168 valence electrons. The molecule has 0 bridgehead atoms. The van der Waals surface area contributed by atoms with Gasteiger partial charge in [0.05, 0.1) is 11.3 Å². The lowest BCUT2D eigenvalue weighted by atomic mass is 10.0. The van der Waals surface area contributed by atoms with Crippen molar-refractivity contribution in [2.24, 2.45) is 11.8 Å². The van der Waals surface area contributed by atoms with Gasteiger partial charge in [0, 0.05) is 30.6 Å². The highest BCUT2D eigenvalue weighted by Gasteiger charge is 2.39. The van der Waals surface area contributed by atoms with Crippen molar-refractivity contribution >= 4 is 23.4 Å². The molecule has 7 heteroatoms. The largest absolute Gasteiger partial charge is 0.349 e. The number of likely N-dealkylation sites (tertiary alicyclic amines) is 1. The molecule has 1 aliphatic carbocycles. The lowest BCUT2D eigenvalue weighted by Crippen LogP contribution is -2.46. The van der Waals surface area contributed by atoms with Crippen LogP contribution in [-0.2, 0) is 4.79 Å². The van der Waals surface area contributed by atoms with E-state index < -0.39 is 11.7 Å². The Labute approximate surface area is 187 Å². The summed E-state index contributed by atoms with van der Waals surface area (Å²) in [5.74, 6) is -0.828. The maximum Gasteiger partial charge on any atom is 0.253 e. The van der Waals surface area contributed by atoms with Crippen molar-refractivity contribution in [3.63, 3.8) is 0 Å². The van der Waals surface area contributed by atoms with E-state index in [4.69, 9.17) is 0 Å². The first-order chi connectivity index (χ1) is 15.3. The van der Waals surface area contributed by atoms with Gasteiger partial charge in [0.25, 0.3) is 11.8 Å². The molecule has 2 aliphatic rings. The highest BCUT2D eigenvalue weighted by atomic mass is 19.1. The van der Waals surface area contributed by atoms with Crippen molar-refractivity contribution in [3.05, 3.63) is 65.0 Å². The number of nitrogens with zero attached hydrogens (tertiary/aromatic N) is 1. The maximum atomic E-state index is 13.8. The zero-order valence-corrected chi connectivity index (χ0v) is 18.4. The molecule has 2 unspecified atom stereocenters. The lowest BCUT2D eigenvalue weighted by molar-refractivity contribution is -0.117. The number of piperidine rings is 1. The van der Waals surface area contributed by atoms with E-state index in [9.17, 15) is 18.8 Å². The van der Waals surface area contributed by atoms with Crippen LogP contribution in [0.4, 0.5) is 10.1 Å². The number of halogens is 1. The second kappa shape index (κ2) is 9.10. The Morgan fingerprint density at radius 1 is 1.03 bits per heavy atom. The van der Waals surface area contributed by atoms with Crippen LogP contribution in [0.3, 0.4) is 0 Å². The number of benzene rings is 2. The van der Waals surface area contributed by atoms with Gasteiger partial charge in [-0.25, -0.2) is 4.39 Å². The Morgan fingerprint density at radius 3 is 2.31 bits per heavy atom. The minimum absolute atomic E-state index is 0.0146. The first kappa shape index (κ1) is 22.0. The molecule has 2 fully saturated rings. The molecule has 4 rings (SSSR count). The van der Waals surface area contributed by atoms with E-state index in [0.717, 1.165) is 18.1 Å². The predicted molar refractivity (Wildman–Crippen MR) is 120 cm³/mol. The number of nitrogens with one attached hydrogen (secondary N) is 2. The molecule has 0 radical (unpaired) electrons. The quantitative estimate of drug-likeness (QED) is 0.748. The van der Waals surface area contributed by atoms with Crippen LogP contribution in [0.1, 0.15) is 52.5 Å². The third kappa shape index (κ3) is 4.98. The zero-order chi connectivity index (χ0) is 22.8. The van der Waals surface area contributed by atoms with Gasteiger partial charge in [0.2, 0.25) is 5.91 Å². The average Bonchev–Trinajstić information content (AvgIpc) is 3.52. The fourth-order valence-electron chi connectivity index (χ4n) is 4.09. The van der Waals surface area contributed by atoms with Crippen molar-refractivity contribution in [3.8, 4) is 0 Å². The van der Waals surface area contributed by atoms with E-state index in [-0.39, 0.29) is 29.3 Å². The summed E-state index contributed by atoms with van der Waals surface area (Å²) in [7, 11) is 0. The van der Waals surface area contributed by atoms with E-state index in [2.05, 4.69) is 10.6 Å². The molecule has 0 aromatic heterocycles. The van der Waals surface area contributed by atoms with Gasteiger partial charge in [-0.3, -0.25) is 14.4 Å². The molecule has 32 heavy (non-hydrogen) atoms. The molecule has 2 aromatic carbocycles. The number of rotatable bonds is 5. The van der Waals surface area contributed by atoms with Crippen molar-refractivity contribution in [1.29, 1.82) is 0 Å². The first-order valence-electron chi connectivity index (χ1n) is 11.1. The van der Waals surface area contributed by atoms with Gasteiger partial charge >= 0.3 is 0 Å². The number of hydrogen-bond acceptors (Lipinski definition) is 3. The van der Waals surface area contributed by atoms with Crippen LogP contribution in [0, 0.1) is 24.6 Å². The van der Waals surface area contributed by atoms with Crippen LogP contribution in [0.2, 0.25) is 0 Å². The van der Waals surface area contributed by atoms with Crippen molar-refractivity contribution in [2.45, 2.75) is 39.2 Å². The number of carbonyl (C=O) groups is 3. The molecule has 1 aliphatic heterocycles. The van der Waals surface area contributed by atoms with Crippen LogP contribution in [0.5, 0.6) is 0 Å². The summed E-state index contributed by atoms with van der Waals surface area (Å²) in [4.78, 5) is 39.6. The van der Waals surface area contributed by atoms with Crippen LogP contribution in [-0.4, -0.2) is 41.8 Å². The highest BCUT2D eigenvalue weighted by molar-refractivity contribution is 6.04. The zero-order valence-electron chi connectivity index (χ0n) is 18.4. The van der Waals surface area contributed by atoms with E-state index in [1.54, 1.807) is 4.90 Å². The molecular weight excluding hydrogens is 409 g/mol. The van der Waals surface area contributed by atoms with Crippen molar-refractivity contribution < 1.29 is 18.8 Å². The number of hydrogen-bond donors (Lipinski definition) is 2. The highest BCUT2D eigenvalue weighted by Crippen LogP contribution is 2.38. The smallest absolute Gasteiger partial charge is 0.253 e. The third-order valence-corrected chi connectivity index (χ3v) is 6.35. The Balaban J connectivity index is 1.35. The van der Waals surface area contributed by atoms with Crippen LogP contribution in [0.25, 0.3) is 0 Å². The van der Waals surface area contributed by atoms with Gasteiger partial charge in [-0.2, -0.15) is 0 Å². The SMILES string of the molecule is Cc1ccc(C(=O)N2CCC(NC(=O)c3cc(F)ccc3NC(=O)C3CC3C)CC2)cc1. The normalized spacial score (nSPS) is 20.5. The molecule has 2 aromatic rings. The summed E-state index contributed by atoms with van der Waals surface area (Å²) < 4.78 is 13.8. The fraction of sp³-hybridized carbons (Fsp3) is 0.400. The van der Waals surface area contributed by atoms with Gasteiger partial charge < -0.3 is 15.5 Å². The van der Waals surface area contributed by atoms with Gasteiger partial charge in [-0.05, 0) is 62.4 Å². The predicted octanol–water partition coefficient (Wildman–Crippen LogP) is 3.76. The summed E-state index contributed by atoms with van der Waals surface area (Å²) in [5.41, 5.74) is 2.19. The summed E-state index contributed by atoms with van der Waals surface area (Å²) in [6.07, 6.45) is 2.05. The second-order valence-corrected chi connectivity index (χ2v) is 8.90. The van der Waals surface area contributed by atoms with Crippen LogP contribution >= 0.6 is 0 Å². The minimum Gasteiger partial charge on any atom is -0.349 e. The van der Waals surface area contributed by atoms with Crippen molar-refractivity contribution in [1.82, 2.24) is 10.2 Å². The molecule has 1 saturated carbocycles. The Morgan fingerprint density at radius 2 is 1.69 bits per heavy atom. The molecular formula is C25H28FN3O3. The monoisotopic (exact) mass is 437 g/mol. The maximum absolute atomic E-state index is 13.8. The second-order valence-electron chi connectivity index (χ2n) is 8.90. The summed E-state index contributed by atoms with van der Waals surface area (Å²) in [6, 6.07) is 11.2. The summed E-state index contributed by atoms with van der Waals surface area (Å²) >= 11 is 0. The molecule has 3 amide bonds. The van der Waals surface area contributed by atoms with Gasteiger partial charge in [-0.1, -0.05) is 24.6 Å². The minimum atomic E-state index is -0.536. The fourth-order valence-corrected chi connectivity index (χ4v) is 4.09. The Kier molecular flexibility index (Phi) is 6.26. The third-order valence-electron chi connectivity index (χ3n) is 6.35. The van der Waals surface area contributed by atoms with Gasteiger partial charge in [0.1, 0.15) is 5.82 Å². The van der Waals surface area contributed by atoms with E-state index in [0.29, 0.717) is 43.1 Å². The number of carbonyl (C=O) groups excluding carboxylic acids is 3. The van der Waals surface area contributed by atoms with Crippen LogP contribution in [0.15, 0.2) is 42.5 Å². The molecule has 2 atom stereocenters. The average molecular weight is 438 g/mol. The van der Waals surface area contributed by atoms with E-state index in [1.807, 2.05) is 38.1 Å². The van der Waals surface area contributed by atoms with E-state index >= 15 is 0 Å². The summed E-state index contributed by atoms with van der Waals surface area (Å²) in [6.45, 7) is 5.04. The first-order valence-corrected chi connectivity index (χ1v) is 11.1. The van der Waals surface area contributed by atoms with E-state index in [1.165, 1.54) is 12.1 Å². The Bertz CT molecular complexity index is 1030. The molecule has 0 spiro atoms.